The summed E-state index contributed by atoms with van der Waals surface area (Å²) in [4.78, 5) is 36.0. The molecule has 1 heterocycles. The Morgan fingerprint density at radius 1 is 1.32 bits per heavy atom. The number of esters is 1. The lowest BCUT2D eigenvalue weighted by atomic mass is 10.0. The molecule has 0 spiro atoms. The first-order valence-corrected chi connectivity index (χ1v) is 8.34. The Balaban J connectivity index is 1.89. The highest BCUT2D eigenvalue weighted by molar-refractivity contribution is 6.31. The average molecular weight is 369 g/mol. The molecule has 1 aromatic rings. The van der Waals surface area contributed by atoms with Crippen molar-refractivity contribution in [1.29, 1.82) is 0 Å². The molecule has 0 bridgehead atoms. The maximum Gasteiger partial charge on any atom is 0.344 e. The van der Waals surface area contributed by atoms with E-state index in [-0.39, 0.29) is 19.1 Å². The summed E-state index contributed by atoms with van der Waals surface area (Å²) in [5.74, 6) is -0.526. The van der Waals surface area contributed by atoms with Gasteiger partial charge in [-0.3, -0.25) is 9.69 Å². The Morgan fingerprint density at radius 3 is 2.64 bits per heavy atom. The average Bonchev–Trinajstić information content (AvgIpc) is 2.99. The number of ether oxygens (including phenoxy) is 2. The van der Waals surface area contributed by atoms with Crippen LogP contribution in [0.25, 0.3) is 0 Å². The maximum absolute atomic E-state index is 11.8. The molecule has 0 aromatic heterocycles. The molecule has 1 aromatic carbocycles. The van der Waals surface area contributed by atoms with Crippen molar-refractivity contribution in [2.75, 3.05) is 26.3 Å². The summed E-state index contributed by atoms with van der Waals surface area (Å²) in [5, 5.41) is 3.13. The van der Waals surface area contributed by atoms with Gasteiger partial charge in [0, 0.05) is 18.1 Å². The molecule has 8 heteroatoms. The van der Waals surface area contributed by atoms with Gasteiger partial charge in [-0.1, -0.05) is 25.4 Å². The lowest BCUT2D eigenvalue weighted by molar-refractivity contribution is -0.152. The second-order valence-corrected chi connectivity index (χ2v) is 6.43. The van der Waals surface area contributed by atoms with Gasteiger partial charge >= 0.3 is 12.0 Å². The SMILES string of the molecule is Cc1cc(OCC(=O)OCC(=O)N2CCNC2=O)c(C(C)C)cc1Cl. The van der Waals surface area contributed by atoms with Crippen molar-refractivity contribution in [3.8, 4) is 5.75 Å². The third-order valence-electron chi connectivity index (χ3n) is 3.77. The normalized spacial score (nSPS) is 13.8. The first kappa shape index (κ1) is 19.1. The van der Waals surface area contributed by atoms with Gasteiger partial charge in [0.1, 0.15) is 5.75 Å². The summed E-state index contributed by atoms with van der Waals surface area (Å²) < 4.78 is 10.4. The van der Waals surface area contributed by atoms with E-state index in [0.717, 1.165) is 16.0 Å². The highest BCUT2D eigenvalue weighted by Gasteiger charge is 2.26. The van der Waals surface area contributed by atoms with Crippen LogP contribution in [0, 0.1) is 6.92 Å². The van der Waals surface area contributed by atoms with E-state index >= 15 is 0 Å². The zero-order valence-electron chi connectivity index (χ0n) is 14.4. The Labute approximate surface area is 151 Å². The highest BCUT2D eigenvalue weighted by Crippen LogP contribution is 2.31. The van der Waals surface area contributed by atoms with Crippen molar-refractivity contribution < 1.29 is 23.9 Å². The summed E-state index contributed by atoms with van der Waals surface area (Å²) in [6, 6.07) is 3.11. The Morgan fingerprint density at radius 2 is 2.04 bits per heavy atom. The van der Waals surface area contributed by atoms with Crippen molar-refractivity contribution >= 4 is 29.5 Å². The number of hydrogen-bond acceptors (Lipinski definition) is 5. The summed E-state index contributed by atoms with van der Waals surface area (Å²) in [6.45, 7) is 5.67. The molecule has 0 atom stereocenters. The van der Waals surface area contributed by atoms with Crippen molar-refractivity contribution in [2.24, 2.45) is 0 Å². The smallest absolute Gasteiger partial charge is 0.344 e. The fourth-order valence-corrected chi connectivity index (χ4v) is 2.53. The van der Waals surface area contributed by atoms with Gasteiger partial charge in [0.2, 0.25) is 0 Å². The Bertz CT molecular complexity index is 690. The van der Waals surface area contributed by atoms with E-state index in [1.54, 1.807) is 6.07 Å². The molecule has 136 valence electrons. The van der Waals surface area contributed by atoms with Crippen LogP contribution in [-0.2, 0) is 14.3 Å². The molecule has 0 unspecified atom stereocenters. The monoisotopic (exact) mass is 368 g/mol. The predicted molar refractivity (Wildman–Crippen MR) is 91.8 cm³/mol. The van der Waals surface area contributed by atoms with Crippen LogP contribution in [-0.4, -0.2) is 49.1 Å². The fourth-order valence-electron chi connectivity index (χ4n) is 2.35. The van der Waals surface area contributed by atoms with E-state index in [2.05, 4.69) is 5.32 Å². The summed E-state index contributed by atoms with van der Waals surface area (Å²) >= 11 is 6.13. The molecule has 0 saturated carbocycles. The quantitative estimate of drug-likeness (QED) is 0.778. The molecular formula is C17H21ClN2O5. The van der Waals surface area contributed by atoms with E-state index in [4.69, 9.17) is 21.1 Å². The lowest BCUT2D eigenvalue weighted by Gasteiger charge is -2.16. The second-order valence-electron chi connectivity index (χ2n) is 6.02. The van der Waals surface area contributed by atoms with Crippen LogP contribution in [0.2, 0.25) is 5.02 Å². The number of hydrogen-bond donors (Lipinski definition) is 1. The molecule has 1 saturated heterocycles. The standard InChI is InChI=1S/C17H21ClN2O5/c1-10(2)12-7-13(18)11(3)6-14(12)24-9-16(22)25-8-15(21)20-5-4-19-17(20)23/h6-7,10H,4-5,8-9H2,1-3H3,(H,19,23). The van der Waals surface area contributed by atoms with E-state index < -0.39 is 24.5 Å². The van der Waals surface area contributed by atoms with E-state index in [1.807, 2.05) is 26.8 Å². The number of carbonyl (C=O) groups is 3. The Hall–Kier alpha value is -2.28. The molecule has 1 N–H and O–H groups in total. The topological polar surface area (TPSA) is 84.9 Å². The van der Waals surface area contributed by atoms with E-state index in [1.165, 1.54) is 0 Å². The molecule has 1 fully saturated rings. The van der Waals surface area contributed by atoms with Gasteiger partial charge < -0.3 is 14.8 Å². The molecule has 3 amide bonds. The van der Waals surface area contributed by atoms with Gasteiger partial charge in [-0.2, -0.15) is 0 Å². The van der Waals surface area contributed by atoms with E-state index in [0.29, 0.717) is 17.3 Å². The largest absolute Gasteiger partial charge is 0.482 e. The molecule has 2 rings (SSSR count). The van der Waals surface area contributed by atoms with Crippen molar-refractivity contribution in [3.63, 3.8) is 0 Å². The predicted octanol–water partition coefficient (Wildman–Crippen LogP) is 2.25. The second kappa shape index (κ2) is 8.20. The summed E-state index contributed by atoms with van der Waals surface area (Å²) in [6.07, 6.45) is 0. The number of amides is 3. The Kier molecular flexibility index (Phi) is 6.25. The molecule has 7 nitrogen and oxygen atoms in total. The molecule has 0 radical (unpaired) electrons. The van der Waals surface area contributed by atoms with Gasteiger partial charge in [0.25, 0.3) is 5.91 Å². The van der Waals surface area contributed by atoms with Crippen LogP contribution in [0.3, 0.4) is 0 Å². The minimum absolute atomic E-state index is 0.166. The number of benzene rings is 1. The van der Waals surface area contributed by atoms with Crippen LogP contribution < -0.4 is 10.1 Å². The molecule has 0 aliphatic carbocycles. The van der Waals surface area contributed by atoms with Gasteiger partial charge in [-0.15, -0.1) is 0 Å². The van der Waals surface area contributed by atoms with Crippen LogP contribution >= 0.6 is 11.6 Å². The number of aryl methyl sites for hydroxylation is 1. The first-order valence-electron chi connectivity index (χ1n) is 7.96. The third-order valence-corrected chi connectivity index (χ3v) is 4.18. The number of carbonyl (C=O) groups excluding carboxylic acids is 3. The van der Waals surface area contributed by atoms with Gasteiger partial charge in [-0.25, -0.2) is 9.59 Å². The minimum atomic E-state index is -0.685. The third kappa shape index (κ3) is 4.85. The maximum atomic E-state index is 11.8. The zero-order chi connectivity index (χ0) is 18.6. The van der Waals surface area contributed by atoms with Crippen molar-refractivity contribution in [3.05, 3.63) is 28.3 Å². The number of halogens is 1. The highest BCUT2D eigenvalue weighted by atomic mass is 35.5. The van der Waals surface area contributed by atoms with Gasteiger partial charge in [0.05, 0.1) is 0 Å². The number of rotatable bonds is 6. The van der Waals surface area contributed by atoms with Crippen LogP contribution in [0.5, 0.6) is 5.75 Å². The first-order chi connectivity index (χ1) is 11.8. The number of nitrogens with one attached hydrogen (secondary N) is 1. The molecule has 1 aliphatic rings. The minimum Gasteiger partial charge on any atom is -0.482 e. The zero-order valence-corrected chi connectivity index (χ0v) is 15.2. The fraction of sp³-hybridized carbons (Fsp3) is 0.471. The van der Waals surface area contributed by atoms with Crippen molar-refractivity contribution in [1.82, 2.24) is 10.2 Å². The van der Waals surface area contributed by atoms with Gasteiger partial charge in [-0.05, 0) is 36.1 Å². The van der Waals surface area contributed by atoms with Crippen LogP contribution in [0.4, 0.5) is 4.79 Å². The van der Waals surface area contributed by atoms with Gasteiger partial charge in [0.15, 0.2) is 13.2 Å². The molecule has 1 aliphatic heterocycles. The molecular weight excluding hydrogens is 348 g/mol. The number of imide groups is 1. The van der Waals surface area contributed by atoms with Crippen molar-refractivity contribution in [2.45, 2.75) is 26.7 Å². The van der Waals surface area contributed by atoms with Crippen LogP contribution in [0.15, 0.2) is 12.1 Å². The summed E-state index contributed by atoms with van der Waals surface area (Å²) in [5.41, 5.74) is 1.72. The van der Waals surface area contributed by atoms with Crippen LogP contribution in [0.1, 0.15) is 30.9 Å². The van der Waals surface area contributed by atoms with E-state index in [9.17, 15) is 14.4 Å². The summed E-state index contributed by atoms with van der Waals surface area (Å²) in [7, 11) is 0. The lowest BCUT2D eigenvalue weighted by Crippen LogP contribution is -2.37. The number of nitrogens with zero attached hydrogens (tertiary/aromatic N) is 1. The molecule has 25 heavy (non-hydrogen) atoms. The number of urea groups is 1.